The SMILES string of the molecule is COc1ccc(C(=O)CCC(=O)Nc2ccc3oc(=O)[nH]c3c2)cc1. The van der Waals surface area contributed by atoms with E-state index in [9.17, 15) is 14.4 Å². The second-order valence-corrected chi connectivity index (χ2v) is 5.43. The van der Waals surface area contributed by atoms with Crippen molar-refractivity contribution in [3.05, 3.63) is 58.6 Å². The number of aromatic nitrogens is 1. The Kier molecular flexibility index (Phi) is 4.65. The Morgan fingerprint density at radius 1 is 1.12 bits per heavy atom. The number of anilines is 1. The van der Waals surface area contributed by atoms with E-state index in [-0.39, 0.29) is 24.5 Å². The van der Waals surface area contributed by atoms with Crippen molar-refractivity contribution >= 4 is 28.5 Å². The quantitative estimate of drug-likeness (QED) is 0.672. The summed E-state index contributed by atoms with van der Waals surface area (Å²) < 4.78 is 9.94. The van der Waals surface area contributed by atoms with Gasteiger partial charge in [0, 0.05) is 24.1 Å². The van der Waals surface area contributed by atoms with Crippen molar-refractivity contribution in [3.63, 3.8) is 0 Å². The molecule has 1 amide bonds. The number of fused-ring (bicyclic) bond motifs is 1. The van der Waals surface area contributed by atoms with Gasteiger partial charge in [-0.05, 0) is 42.5 Å². The fraction of sp³-hybridized carbons (Fsp3) is 0.167. The van der Waals surface area contributed by atoms with E-state index in [1.54, 1.807) is 49.6 Å². The van der Waals surface area contributed by atoms with Crippen LogP contribution in [0.4, 0.5) is 5.69 Å². The zero-order valence-electron chi connectivity index (χ0n) is 13.5. The zero-order chi connectivity index (χ0) is 17.8. The Labute approximate surface area is 142 Å². The molecular weight excluding hydrogens is 324 g/mol. The van der Waals surface area contributed by atoms with Crippen LogP contribution in [0.1, 0.15) is 23.2 Å². The van der Waals surface area contributed by atoms with Gasteiger partial charge in [-0.2, -0.15) is 0 Å². The number of hydrogen-bond acceptors (Lipinski definition) is 5. The summed E-state index contributed by atoms with van der Waals surface area (Å²) in [6.07, 6.45) is 0.160. The van der Waals surface area contributed by atoms with Gasteiger partial charge in [0.15, 0.2) is 11.4 Å². The monoisotopic (exact) mass is 340 g/mol. The third-order valence-corrected chi connectivity index (χ3v) is 3.69. The third kappa shape index (κ3) is 3.95. The average molecular weight is 340 g/mol. The smallest absolute Gasteiger partial charge is 0.417 e. The molecule has 0 atom stereocenters. The van der Waals surface area contributed by atoms with E-state index in [0.717, 1.165) is 0 Å². The molecule has 1 aromatic heterocycles. The Balaban J connectivity index is 1.57. The largest absolute Gasteiger partial charge is 0.497 e. The number of amides is 1. The number of carbonyl (C=O) groups excluding carboxylic acids is 2. The van der Waals surface area contributed by atoms with Gasteiger partial charge in [0.1, 0.15) is 5.75 Å². The van der Waals surface area contributed by atoms with Crippen molar-refractivity contribution in [1.29, 1.82) is 0 Å². The second kappa shape index (κ2) is 7.04. The molecule has 0 saturated carbocycles. The van der Waals surface area contributed by atoms with Crippen LogP contribution in [0.5, 0.6) is 5.75 Å². The molecule has 0 aliphatic carbocycles. The normalized spacial score (nSPS) is 10.6. The number of methoxy groups -OCH3 is 1. The fourth-order valence-electron chi connectivity index (χ4n) is 2.40. The van der Waals surface area contributed by atoms with E-state index in [1.165, 1.54) is 0 Å². The van der Waals surface area contributed by atoms with E-state index >= 15 is 0 Å². The van der Waals surface area contributed by atoms with Gasteiger partial charge in [0.25, 0.3) is 0 Å². The lowest BCUT2D eigenvalue weighted by Crippen LogP contribution is -2.13. The van der Waals surface area contributed by atoms with E-state index in [1.807, 2.05) is 0 Å². The highest BCUT2D eigenvalue weighted by molar-refractivity contribution is 6.00. The number of oxazole rings is 1. The van der Waals surface area contributed by atoms with Crippen molar-refractivity contribution in [2.75, 3.05) is 12.4 Å². The van der Waals surface area contributed by atoms with Gasteiger partial charge in [0.05, 0.1) is 12.6 Å². The van der Waals surface area contributed by atoms with Crippen LogP contribution in [0, 0.1) is 0 Å². The van der Waals surface area contributed by atoms with Crippen molar-refractivity contribution < 1.29 is 18.7 Å². The van der Waals surface area contributed by atoms with Gasteiger partial charge in [-0.25, -0.2) is 4.79 Å². The van der Waals surface area contributed by atoms with Crippen LogP contribution < -0.4 is 15.8 Å². The molecule has 0 radical (unpaired) electrons. The molecule has 2 N–H and O–H groups in total. The second-order valence-electron chi connectivity index (χ2n) is 5.43. The molecule has 2 aromatic carbocycles. The summed E-state index contributed by atoms with van der Waals surface area (Å²) >= 11 is 0. The lowest BCUT2D eigenvalue weighted by molar-refractivity contribution is -0.116. The zero-order valence-corrected chi connectivity index (χ0v) is 13.5. The first-order valence-electron chi connectivity index (χ1n) is 7.65. The van der Waals surface area contributed by atoms with Gasteiger partial charge in [0.2, 0.25) is 5.91 Å². The minimum atomic E-state index is -0.552. The topological polar surface area (TPSA) is 101 Å². The lowest BCUT2D eigenvalue weighted by atomic mass is 10.1. The minimum Gasteiger partial charge on any atom is -0.497 e. The highest BCUT2D eigenvalue weighted by Gasteiger charge is 2.10. The molecule has 3 rings (SSSR count). The van der Waals surface area contributed by atoms with Crippen LogP contribution in [0.15, 0.2) is 51.7 Å². The summed E-state index contributed by atoms with van der Waals surface area (Å²) in [5.41, 5.74) is 1.97. The lowest BCUT2D eigenvalue weighted by Gasteiger charge is -2.05. The fourth-order valence-corrected chi connectivity index (χ4v) is 2.40. The number of Topliss-reactive ketones (excluding diaryl/α,β-unsaturated/α-hetero) is 1. The summed E-state index contributed by atoms with van der Waals surface area (Å²) in [6, 6.07) is 11.6. The highest BCUT2D eigenvalue weighted by atomic mass is 16.5. The van der Waals surface area contributed by atoms with Crippen LogP contribution in [0.2, 0.25) is 0 Å². The molecule has 0 aliphatic rings. The molecule has 0 spiro atoms. The molecule has 0 fully saturated rings. The van der Waals surface area contributed by atoms with E-state index < -0.39 is 5.76 Å². The van der Waals surface area contributed by atoms with E-state index in [0.29, 0.717) is 28.1 Å². The number of hydrogen-bond donors (Lipinski definition) is 2. The van der Waals surface area contributed by atoms with Gasteiger partial charge in [-0.1, -0.05) is 0 Å². The Morgan fingerprint density at radius 2 is 1.88 bits per heavy atom. The third-order valence-electron chi connectivity index (χ3n) is 3.69. The molecule has 0 bridgehead atoms. The molecular formula is C18H16N2O5. The van der Waals surface area contributed by atoms with E-state index in [2.05, 4.69) is 10.3 Å². The van der Waals surface area contributed by atoms with Crippen LogP contribution in [-0.2, 0) is 4.79 Å². The summed E-state index contributed by atoms with van der Waals surface area (Å²) in [5.74, 6) is -0.287. The molecule has 0 saturated heterocycles. The van der Waals surface area contributed by atoms with Crippen molar-refractivity contribution in [2.24, 2.45) is 0 Å². The number of ketones is 1. The van der Waals surface area contributed by atoms with Crippen LogP contribution >= 0.6 is 0 Å². The van der Waals surface area contributed by atoms with Gasteiger partial charge in [-0.15, -0.1) is 0 Å². The summed E-state index contributed by atoms with van der Waals surface area (Å²) in [6.45, 7) is 0. The summed E-state index contributed by atoms with van der Waals surface area (Å²) in [4.78, 5) is 37.8. The van der Waals surface area contributed by atoms with Crippen molar-refractivity contribution in [3.8, 4) is 5.75 Å². The standard InChI is InChI=1S/C18H16N2O5/c1-24-13-5-2-11(3-6-13)15(21)7-9-17(22)19-12-4-8-16-14(10-12)20-18(23)25-16/h2-6,8,10H,7,9H2,1H3,(H,19,22)(H,20,23). The predicted molar refractivity (Wildman–Crippen MR) is 92.0 cm³/mol. The number of nitrogens with one attached hydrogen (secondary N) is 2. The number of carbonyl (C=O) groups is 2. The molecule has 1 heterocycles. The molecule has 7 heteroatoms. The van der Waals surface area contributed by atoms with Crippen molar-refractivity contribution in [2.45, 2.75) is 12.8 Å². The number of ether oxygens (including phenoxy) is 1. The average Bonchev–Trinajstić information content (AvgIpc) is 2.99. The highest BCUT2D eigenvalue weighted by Crippen LogP contribution is 2.17. The molecule has 3 aromatic rings. The maximum Gasteiger partial charge on any atom is 0.417 e. The number of H-pyrrole nitrogens is 1. The Morgan fingerprint density at radius 3 is 2.60 bits per heavy atom. The molecule has 7 nitrogen and oxygen atoms in total. The maximum atomic E-state index is 12.1. The number of aromatic amines is 1. The first-order valence-corrected chi connectivity index (χ1v) is 7.65. The number of benzene rings is 2. The summed E-state index contributed by atoms with van der Waals surface area (Å²) in [5, 5.41) is 2.69. The van der Waals surface area contributed by atoms with Crippen LogP contribution in [0.25, 0.3) is 11.1 Å². The minimum absolute atomic E-state index is 0.0603. The first-order chi connectivity index (χ1) is 12.0. The molecule has 25 heavy (non-hydrogen) atoms. The van der Waals surface area contributed by atoms with Crippen molar-refractivity contribution in [1.82, 2.24) is 4.98 Å². The predicted octanol–water partition coefficient (Wildman–Crippen LogP) is 2.73. The maximum absolute atomic E-state index is 12.1. The van der Waals surface area contributed by atoms with Crippen LogP contribution in [-0.4, -0.2) is 23.8 Å². The first kappa shape index (κ1) is 16.5. The van der Waals surface area contributed by atoms with Gasteiger partial charge >= 0.3 is 5.76 Å². The molecule has 0 aliphatic heterocycles. The Bertz CT molecular complexity index is 969. The van der Waals surface area contributed by atoms with E-state index in [4.69, 9.17) is 9.15 Å². The Hall–Kier alpha value is -3.35. The van der Waals surface area contributed by atoms with Gasteiger partial charge in [-0.3, -0.25) is 14.6 Å². The molecule has 0 unspecified atom stereocenters. The number of rotatable bonds is 6. The molecule has 128 valence electrons. The summed E-state index contributed by atoms with van der Waals surface area (Å²) in [7, 11) is 1.55. The van der Waals surface area contributed by atoms with Gasteiger partial charge < -0.3 is 14.5 Å². The van der Waals surface area contributed by atoms with Crippen LogP contribution in [0.3, 0.4) is 0 Å².